The number of ether oxygens (including phenoxy) is 1. The van der Waals surface area contributed by atoms with Gasteiger partial charge >= 0.3 is 5.97 Å². The number of esters is 1. The van der Waals surface area contributed by atoms with Crippen molar-refractivity contribution in [3.8, 4) is 0 Å². The van der Waals surface area contributed by atoms with E-state index in [1.165, 1.54) is 12.1 Å². The Morgan fingerprint density at radius 3 is 2.62 bits per heavy atom. The normalized spacial score (nSPS) is 11.5. The van der Waals surface area contributed by atoms with E-state index in [4.69, 9.17) is 9.88 Å². The molecule has 0 fully saturated rings. The molecule has 0 spiro atoms. The van der Waals surface area contributed by atoms with Crippen LogP contribution in [0.4, 0.5) is 5.95 Å². The molecule has 1 aromatic heterocycles. The van der Waals surface area contributed by atoms with E-state index in [0.29, 0.717) is 35.7 Å². The highest BCUT2D eigenvalue weighted by molar-refractivity contribution is 7.89. The maximum Gasteiger partial charge on any atom is 0.338 e. The number of nitrogens with two attached hydrogens (primary N) is 1. The van der Waals surface area contributed by atoms with Gasteiger partial charge in [-0.05, 0) is 42.8 Å². The summed E-state index contributed by atoms with van der Waals surface area (Å²) >= 11 is 0. The molecule has 2 aromatic carbocycles. The Morgan fingerprint density at radius 2 is 1.96 bits per heavy atom. The highest BCUT2D eigenvalue weighted by Gasteiger charge is 2.10. The fourth-order valence-electron chi connectivity index (χ4n) is 2.42. The van der Waals surface area contributed by atoms with Gasteiger partial charge in [0, 0.05) is 6.54 Å². The fraction of sp³-hybridized carbons (Fsp3) is 0.176. The number of carbonyl (C=O) groups is 1. The van der Waals surface area contributed by atoms with E-state index in [0.717, 1.165) is 5.56 Å². The van der Waals surface area contributed by atoms with Crippen LogP contribution < -0.4 is 10.5 Å². The summed E-state index contributed by atoms with van der Waals surface area (Å²) < 4.78 is 27.5. The van der Waals surface area contributed by atoms with Gasteiger partial charge in [-0.25, -0.2) is 23.3 Å². The van der Waals surface area contributed by atoms with Crippen molar-refractivity contribution in [2.24, 2.45) is 5.14 Å². The van der Waals surface area contributed by atoms with Crippen LogP contribution in [0, 0.1) is 0 Å². The van der Waals surface area contributed by atoms with E-state index in [1.54, 1.807) is 37.3 Å². The number of imidazole rings is 1. The van der Waals surface area contributed by atoms with Crippen LogP contribution in [0.3, 0.4) is 0 Å². The van der Waals surface area contributed by atoms with Crippen LogP contribution in [0.5, 0.6) is 0 Å². The van der Waals surface area contributed by atoms with E-state index in [1.807, 2.05) is 0 Å². The molecule has 0 saturated carbocycles. The van der Waals surface area contributed by atoms with Crippen molar-refractivity contribution in [1.29, 1.82) is 0 Å². The summed E-state index contributed by atoms with van der Waals surface area (Å²) in [5, 5.41) is 8.19. The van der Waals surface area contributed by atoms with Gasteiger partial charge < -0.3 is 15.0 Å². The SMILES string of the molecule is CCOC(=O)c1ccc2nc(NCc3ccc(S(N)(=O)=O)cc3)[nH]c2c1. The lowest BCUT2D eigenvalue weighted by Gasteiger charge is -2.04. The number of carbonyl (C=O) groups excluding carboxylic acids is 1. The molecule has 0 atom stereocenters. The Balaban J connectivity index is 1.72. The van der Waals surface area contributed by atoms with Gasteiger partial charge in [0.25, 0.3) is 0 Å². The smallest absolute Gasteiger partial charge is 0.338 e. The number of anilines is 1. The molecule has 1 heterocycles. The lowest BCUT2D eigenvalue weighted by Crippen LogP contribution is -2.12. The molecule has 0 aliphatic heterocycles. The lowest BCUT2D eigenvalue weighted by atomic mass is 10.2. The lowest BCUT2D eigenvalue weighted by molar-refractivity contribution is 0.0526. The van der Waals surface area contributed by atoms with Crippen molar-refractivity contribution in [1.82, 2.24) is 9.97 Å². The highest BCUT2D eigenvalue weighted by atomic mass is 32.2. The second-order valence-corrected chi connectivity index (χ2v) is 7.14. The number of benzene rings is 2. The van der Waals surface area contributed by atoms with Gasteiger partial charge in [0.15, 0.2) is 0 Å². The Kier molecular flexibility index (Phi) is 4.92. The van der Waals surface area contributed by atoms with Crippen LogP contribution in [-0.2, 0) is 21.3 Å². The predicted octanol–water partition coefficient (Wildman–Crippen LogP) is 2.00. The maximum atomic E-state index is 11.8. The number of nitrogens with one attached hydrogen (secondary N) is 2. The maximum absolute atomic E-state index is 11.8. The number of sulfonamides is 1. The number of nitrogens with zero attached hydrogens (tertiary/aromatic N) is 1. The van der Waals surface area contributed by atoms with Crippen LogP contribution >= 0.6 is 0 Å². The number of H-pyrrole nitrogens is 1. The van der Waals surface area contributed by atoms with Crippen molar-refractivity contribution in [3.05, 3.63) is 53.6 Å². The van der Waals surface area contributed by atoms with Crippen LogP contribution in [0.15, 0.2) is 47.4 Å². The van der Waals surface area contributed by atoms with Crippen molar-refractivity contribution < 1.29 is 17.9 Å². The molecule has 0 unspecified atom stereocenters. The standard InChI is InChI=1S/C17H18N4O4S/c1-2-25-16(22)12-5-8-14-15(9-12)21-17(20-14)19-10-11-3-6-13(7-4-11)26(18,23)24/h3-9H,2,10H2,1H3,(H2,18,23,24)(H2,19,20,21). The zero-order valence-electron chi connectivity index (χ0n) is 14.0. The first-order valence-electron chi connectivity index (χ1n) is 7.89. The van der Waals surface area contributed by atoms with E-state index in [9.17, 15) is 13.2 Å². The van der Waals surface area contributed by atoms with Crippen molar-refractivity contribution in [2.75, 3.05) is 11.9 Å². The first-order valence-corrected chi connectivity index (χ1v) is 9.44. The third kappa shape index (κ3) is 4.01. The monoisotopic (exact) mass is 374 g/mol. The van der Waals surface area contributed by atoms with Gasteiger partial charge in [-0.15, -0.1) is 0 Å². The molecule has 136 valence electrons. The molecule has 9 heteroatoms. The number of aromatic amines is 1. The summed E-state index contributed by atoms with van der Waals surface area (Å²) in [5.41, 5.74) is 2.74. The number of rotatable bonds is 6. The van der Waals surface area contributed by atoms with Crippen LogP contribution in [0.1, 0.15) is 22.8 Å². The summed E-state index contributed by atoms with van der Waals surface area (Å²) in [6.45, 7) is 2.51. The fourth-order valence-corrected chi connectivity index (χ4v) is 2.93. The Morgan fingerprint density at radius 1 is 1.23 bits per heavy atom. The number of aromatic nitrogens is 2. The Hall–Kier alpha value is -2.91. The molecule has 0 radical (unpaired) electrons. The van der Waals surface area contributed by atoms with Gasteiger partial charge in [0.1, 0.15) is 0 Å². The van der Waals surface area contributed by atoms with Crippen molar-refractivity contribution >= 4 is 33.0 Å². The van der Waals surface area contributed by atoms with Gasteiger partial charge in [-0.3, -0.25) is 0 Å². The molecule has 0 aliphatic carbocycles. The summed E-state index contributed by atoms with van der Waals surface area (Å²) in [5.74, 6) is 0.157. The summed E-state index contributed by atoms with van der Waals surface area (Å²) in [6, 6.07) is 11.4. The van der Waals surface area contributed by atoms with Gasteiger partial charge in [0.2, 0.25) is 16.0 Å². The van der Waals surface area contributed by atoms with E-state index >= 15 is 0 Å². The molecule has 4 N–H and O–H groups in total. The number of hydrogen-bond donors (Lipinski definition) is 3. The molecule has 26 heavy (non-hydrogen) atoms. The largest absolute Gasteiger partial charge is 0.462 e. The average molecular weight is 374 g/mol. The van der Waals surface area contributed by atoms with Crippen molar-refractivity contribution in [2.45, 2.75) is 18.4 Å². The minimum absolute atomic E-state index is 0.0662. The molecule has 0 bridgehead atoms. The summed E-state index contributed by atoms with van der Waals surface area (Å²) in [6.07, 6.45) is 0. The molecule has 0 saturated heterocycles. The highest BCUT2D eigenvalue weighted by Crippen LogP contribution is 2.18. The molecule has 3 aromatic rings. The topological polar surface area (TPSA) is 127 Å². The predicted molar refractivity (Wildman–Crippen MR) is 97.2 cm³/mol. The van der Waals surface area contributed by atoms with Gasteiger partial charge in [-0.1, -0.05) is 12.1 Å². The molecule has 0 amide bonds. The second-order valence-electron chi connectivity index (χ2n) is 5.58. The zero-order valence-corrected chi connectivity index (χ0v) is 14.8. The quantitative estimate of drug-likeness (QED) is 0.566. The molecule has 0 aliphatic rings. The molecular weight excluding hydrogens is 356 g/mol. The van der Waals surface area contributed by atoms with E-state index < -0.39 is 10.0 Å². The first kappa shape index (κ1) is 17.9. The molecule has 8 nitrogen and oxygen atoms in total. The number of hydrogen-bond acceptors (Lipinski definition) is 6. The summed E-state index contributed by atoms with van der Waals surface area (Å²) in [7, 11) is -3.70. The minimum Gasteiger partial charge on any atom is -0.462 e. The third-order valence-electron chi connectivity index (χ3n) is 3.70. The van der Waals surface area contributed by atoms with Crippen LogP contribution in [-0.4, -0.2) is 31.0 Å². The molecular formula is C17H18N4O4S. The second kappa shape index (κ2) is 7.14. The Bertz CT molecular complexity index is 1040. The van der Waals surface area contributed by atoms with E-state index in [2.05, 4.69) is 15.3 Å². The first-order chi connectivity index (χ1) is 12.4. The third-order valence-corrected chi connectivity index (χ3v) is 4.63. The molecule has 3 rings (SSSR count). The summed E-state index contributed by atoms with van der Waals surface area (Å²) in [4.78, 5) is 19.3. The van der Waals surface area contributed by atoms with Gasteiger partial charge in [-0.2, -0.15) is 0 Å². The van der Waals surface area contributed by atoms with Crippen LogP contribution in [0.25, 0.3) is 11.0 Å². The zero-order chi connectivity index (χ0) is 18.7. The number of primary sulfonamides is 1. The van der Waals surface area contributed by atoms with E-state index in [-0.39, 0.29) is 10.9 Å². The number of fused-ring (bicyclic) bond motifs is 1. The minimum atomic E-state index is -3.70. The Labute approximate surface area is 150 Å². The van der Waals surface area contributed by atoms with Crippen molar-refractivity contribution in [3.63, 3.8) is 0 Å². The average Bonchev–Trinajstić information content (AvgIpc) is 3.02. The van der Waals surface area contributed by atoms with Crippen LogP contribution in [0.2, 0.25) is 0 Å². The van der Waals surface area contributed by atoms with Gasteiger partial charge in [0.05, 0.1) is 28.1 Å².